The van der Waals surface area contributed by atoms with Crippen molar-refractivity contribution >= 4 is 21.7 Å². The highest BCUT2D eigenvalue weighted by molar-refractivity contribution is 7.92. The lowest BCUT2D eigenvalue weighted by molar-refractivity contribution is -0.137. The predicted molar refractivity (Wildman–Crippen MR) is 88.8 cm³/mol. The summed E-state index contributed by atoms with van der Waals surface area (Å²) >= 11 is 0. The van der Waals surface area contributed by atoms with E-state index in [2.05, 4.69) is 0 Å². The molecule has 0 saturated carbocycles. The number of hydrogen-bond donors (Lipinski definition) is 1. The Morgan fingerprint density at radius 2 is 1.96 bits per heavy atom. The highest BCUT2D eigenvalue weighted by Gasteiger charge is 2.38. The van der Waals surface area contributed by atoms with Crippen LogP contribution in [0, 0.1) is 12.7 Å². The molecule has 1 atom stereocenters. The van der Waals surface area contributed by atoms with E-state index in [0.717, 1.165) is 22.0 Å². The van der Waals surface area contributed by atoms with Crippen LogP contribution in [0.15, 0.2) is 47.4 Å². The van der Waals surface area contributed by atoms with Crippen molar-refractivity contribution in [1.29, 1.82) is 0 Å². The summed E-state index contributed by atoms with van der Waals surface area (Å²) in [5.74, 6) is -1.65. The summed E-state index contributed by atoms with van der Waals surface area (Å²) in [6.45, 7) is 1.66. The van der Waals surface area contributed by atoms with Gasteiger partial charge in [-0.05, 0) is 31.2 Å². The monoisotopic (exact) mass is 365 g/mol. The van der Waals surface area contributed by atoms with Crippen molar-refractivity contribution in [2.75, 3.05) is 10.9 Å². The molecule has 0 unspecified atom stereocenters. The maximum atomic E-state index is 13.5. The molecule has 3 rings (SSSR count). The zero-order valence-electron chi connectivity index (χ0n) is 13.3. The van der Waals surface area contributed by atoms with Crippen LogP contribution in [0.3, 0.4) is 0 Å². The van der Waals surface area contributed by atoms with Gasteiger partial charge in [-0.2, -0.15) is 0 Å². The van der Waals surface area contributed by atoms with Crippen LogP contribution in [0.5, 0.6) is 5.75 Å². The van der Waals surface area contributed by atoms with Crippen molar-refractivity contribution in [2.45, 2.75) is 24.3 Å². The number of carboxylic acid groups (broad SMARTS) is 1. The van der Waals surface area contributed by atoms with Gasteiger partial charge in [0.2, 0.25) is 0 Å². The largest absolute Gasteiger partial charge is 0.489 e. The number of fused-ring (bicyclic) bond motifs is 1. The molecule has 25 heavy (non-hydrogen) atoms. The molecule has 0 aromatic heterocycles. The van der Waals surface area contributed by atoms with E-state index in [-0.39, 0.29) is 22.9 Å². The summed E-state index contributed by atoms with van der Waals surface area (Å²) in [5, 5.41) is 9.11. The molecular formula is C17H16FNO5S. The van der Waals surface area contributed by atoms with Gasteiger partial charge in [-0.15, -0.1) is 0 Å². The number of aryl methyl sites for hydroxylation is 1. The summed E-state index contributed by atoms with van der Waals surface area (Å²) in [6.07, 6.45) is -0.429. The lowest BCUT2D eigenvalue weighted by Crippen LogP contribution is -2.47. The van der Waals surface area contributed by atoms with Gasteiger partial charge in [0.25, 0.3) is 10.0 Å². The number of hydrogen-bond acceptors (Lipinski definition) is 4. The van der Waals surface area contributed by atoms with Crippen LogP contribution in [0.1, 0.15) is 12.0 Å². The molecule has 1 heterocycles. The van der Waals surface area contributed by atoms with Crippen LogP contribution < -0.4 is 9.04 Å². The third-order valence-electron chi connectivity index (χ3n) is 3.91. The van der Waals surface area contributed by atoms with Crippen molar-refractivity contribution in [3.8, 4) is 5.75 Å². The number of rotatable bonds is 4. The van der Waals surface area contributed by atoms with E-state index in [1.165, 1.54) is 18.2 Å². The van der Waals surface area contributed by atoms with Crippen molar-refractivity contribution in [2.24, 2.45) is 0 Å². The molecule has 0 bridgehead atoms. The molecule has 8 heteroatoms. The number of aliphatic carboxylic acids is 1. The Hall–Kier alpha value is -2.61. The molecule has 0 amide bonds. The van der Waals surface area contributed by atoms with Gasteiger partial charge in [0, 0.05) is 6.07 Å². The van der Waals surface area contributed by atoms with Gasteiger partial charge in [-0.1, -0.05) is 17.7 Å². The Morgan fingerprint density at radius 1 is 1.28 bits per heavy atom. The number of sulfonamides is 1. The Balaban J connectivity index is 2.13. The molecular weight excluding hydrogens is 349 g/mol. The Bertz CT molecular complexity index is 911. The molecule has 0 saturated heterocycles. The molecule has 0 spiro atoms. The second-order valence-corrected chi connectivity index (χ2v) is 7.60. The zero-order chi connectivity index (χ0) is 18.2. The number of benzene rings is 2. The van der Waals surface area contributed by atoms with E-state index >= 15 is 0 Å². The fourth-order valence-corrected chi connectivity index (χ4v) is 4.37. The lowest BCUT2D eigenvalue weighted by atomic mass is 10.1. The minimum atomic E-state index is -4.03. The van der Waals surface area contributed by atoms with Crippen molar-refractivity contribution in [3.05, 3.63) is 53.8 Å². The quantitative estimate of drug-likeness (QED) is 0.900. The van der Waals surface area contributed by atoms with Gasteiger partial charge < -0.3 is 9.84 Å². The molecule has 1 N–H and O–H groups in total. The summed E-state index contributed by atoms with van der Waals surface area (Å²) in [6, 6.07) is 8.79. The normalized spacial score (nSPS) is 16.9. The van der Waals surface area contributed by atoms with E-state index in [4.69, 9.17) is 9.84 Å². The first-order chi connectivity index (χ1) is 11.8. The topological polar surface area (TPSA) is 83.9 Å². The molecule has 0 fully saturated rings. The first kappa shape index (κ1) is 17.2. The highest BCUT2D eigenvalue weighted by atomic mass is 32.2. The first-order valence-corrected chi connectivity index (χ1v) is 8.98. The first-order valence-electron chi connectivity index (χ1n) is 7.54. The number of carbonyl (C=O) groups is 1. The van der Waals surface area contributed by atoms with Crippen molar-refractivity contribution in [3.63, 3.8) is 0 Å². The van der Waals surface area contributed by atoms with Crippen LogP contribution in [0.25, 0.3) is 0 Å². The van der Waals surface area contributed by atoms with Crippen LogP contribution in [-0.2, 0) is 14.8 Å². The third kappa shape index (κ3) is 3.30. The maximum Gasteiger partial charge on any atom is 0.305 e. The zero-order valence-corrected chi connectivity index (χ0v) is 14.2. The van der Waals surface area contributed by atoms with Gasteiger partial charge >= 0.3 is 5.97 Å². The Labute approximate surface area is 144 Å². The summed E-state index contributed by atoms with van der Waals surface area (Å²) in [7, 11) is -4.03. The van der Waals surface area contributed by atoms with E-state index in [1.54, 1.807) is 12.1 Å². The lowest BCUT2D eigenvalue weighted by Gasteiger charge is -2.36. The van der Waals surface area contributed by atoms with E-state index < -0.39 is 34.3 Å². The van der Waals surface area contributed by atoms with E-state index in [0.29, 0.717) is 0 Å². The predicted octanol–water partition coefficient (Wildman–Crippen LogP) is 2.57. The minimum absolute atomic E-state index is 0.0330. The fraction of sp³-hybridized carbons (Fsp3) is 0.235. The molecule has 0 radical (unpaired) electrons. The smallest absolute Gasteiger partial charge is 0.305 e. The maximum absolute atomic E-state index is 13.5. The summed E-state index contributed by atoms with van der Waals surface area (Å²) in [4.78, 5) is 11.2. The van der Waals surface area contributed by atoms with Crippen LogP contribution >= 0.6 is 0 Å². The highest BCUT2D eigenvalue weighted by Crippen LogP contribution is 2.39. The molecule has 2 aromatic rings. The van der Waals surface area contributed by atoms with E-state index in [1.807, 2.05) is 6.92 Å². The molecule has 1 aliphatic rings. The average Bonchev–Trinajstić information content (AvgIpc) is 2.54. The molecule has 6 nitrogen and oxygen atoms in total. The van der Waals surface area contributed by atoms with Gasteiger partial charge in [-0.3, -0.25) is 9.10 Å². The molecule has 2 aromatic carbocycles. The second-order valence-electron chi connectivity index (χ2n) is 5.79. The second kappa shape index (κ2) is 6.36. The average molecular weight is 365 g/mol. The SMILES string of the molecule is Cc1ccc(S(=O)(=O)N2c3ccc(F)cc3OC[C@H]2CC(=O)O)cc1. The fourth-order valence-electron chi connectivity index (χ4n) is 2.73. The molecule has 132 valence electrons. The standard InChI is InChI=1S/C17H16FNO5S/c1-11-2-5-14(6-3-11)25(22,23)19-13(9-17(20)21)10-24-16-8-12(18)4-7-15(16)19/h2-8,13H,9-10H2,1H3,(H,20,21)/t13-/m1/s1. The summed E-state index contributed by atoms with van der Waals surface area (Å²) < 4.78 is 46.1. The molecule has 0 aliphatic carbocycles. The van der Waals surface area contributed by atoms with Crippen LogP contribution in [-0.4, -0.2) is 32.1 Å². The number of carboxylic acids is 1. The van der Waals surface area contributed by atoms with Crippen LogP contribution in [0.2, 0.25) is 0 Å². The van der Waals surface area contributed by atoms with Gasteiger partial charge in [0.1, 0.15) is 18.2 Å². The Morgan fingerprint density at radius 3 is 2.60 bits per heavy atom. The van der Waals surface area contributed by atoms with Gasteiger partial charge in [0.15, 0.2) is 0 Å². The van der Waals surface area contributed by atoms with Gasteiger partial charge in [-0.25, -0.2) is 12.8 Å². The van der Waals surface area contributed by atoms with E-state index in [9.17, 15) is 17.6 Å². The van der Waals surface area contributed by atoms with Crippen molar-refractivity contribution < 1.29 is 27.4 Å². The van der Waals surface area contributed by atoms with Crippen LogP contribution in [0.4, 0.5) is 10.1 Å². The number of ether oxygens (including phenoxy) is 1. The number of halogens is 1. The van der Waals surface area contributed by atoms with Gasteiger partial charge in [0.05, 0.1) is 23.0 Å². The number of nitrogens with zero attached hydrogens (tertiary/aromatic N) is 1. The minimum Gasteiger partial charge on any atom is -0.489 e. The van der Waals surface area contributed by atoms with Crippen molar-refractivity contribution in [1.82, 2.24) is 0 Å². The number of anilines is 1. The Kier molecular flexibility index (Phi) is 4.38. The molecule has 1 aliphatic heterocycles. The third-order valence-corrected chi connectivity index (χ3v) is 5.79. The summed E-state index contributed by atoms with van der Waals surface area (Å²) in [5.41, 5.74) is 1.02.